The summed E-state index contributed by atoms with van der Waals surface area (Å²) in [6.07, 6.45) is 16.7. The highest BCUT2D eigenvalue weighted by molar-refractivity contribution is 7.86. The van der Waals surface area contributed by atoms with Crippen molar-refractivity contribution in [3.8, 4) is 0 Å². The van der Waals surface area contributed by atoms with Crippen molar-refractivity contribution in [1.82, 2.24) is 0 Å². The van der Waals surface area contributed by atoms with Crippen molar-refractivity contribution in [3.63, 3.8) is 0 Å². The maximum absolute atomic E-state index is 11.4. The summed E-state index contributed by atoms with van der Waals surface area (Å²) in [6, 6.07) is 0. The SMILES string of the molecule is CCCCCCCCCCCCC[C@H]1C[C@@H]([C@H](C)OS(C)(=O)=O)OC(C)(C)O1. The Morgan fingerprint density at radius 2 is 1.43 bits per heavy atom. The lowest BCUT2D eigenvalue weighted by molar-refractivity contribution is -0.310. The molecule has 0 aromatic carbocycles. The van der Waals surface area contributed by atoms with E-state index in [-0.39, 0.29) is 12.2 Å². The van der Waals surface area contributed by atoms with E-state index in [0.29, 0.717) is 6.42 Å². The molecule has 1 saturated heterocycles. The smallest absolute Gasteiger partial charge is 0.264 e. The van der Waals surface area contributed by atoms with Crippen molar-refractivity contribution in [3.05, 3.63) is 0 Å². The number of unbranched alkanes of at least 4 members (excludes halogenated alkanes) is 10. The molecule has 168 valence electrons. The molecule has 1 aliphatic rings. The first kappa shape index (κ1) is 25.9. The molecular formula is C22H44O5S. The summed E-state index contributed by atoms with van der Waals surface area (Å²) in [7, 11) is -3.49. The third-order valence-corrected chi connectivity index (χ3v) is 6.01. The maximum atomic E-state index is 11.4. The number of rotatable bonds is 15. The molecule has 0 N–H and O–H groups in total. The van der Waals surface area contributed by atoms with Gasteiger partial charge in [-0.1, -0.05) is 77.6 Å². The zero-order valence-electron chi connectivity index (χ0n) is 18.9. The highest BCUT2D eigenvalue weighted by atomic mass is 32.2. The van der Waals surface area contributed by atoms with E-state index in [1.54, 1.807) is 6.92 Å². The lowest BCUT2D eigenvalue weighted by Gasteiger charge is -2.42. The first-order chi connectivity index (χ1) is 13.1. The second-order valence-electron chi connectivity index (χ2n) is 8.86. The standard InChI is InChI=1S/C22H44O5S/c1-6-7-8-9-10-11-12-13-14-15-16-17-20-18-21(26-22(3,4)25-20)19(2)27-28(5,23)24/h19-21H,6-18H2,1-5H3/t19-,20-,21-/m0/s1. The Labute approximate surface area is 174 Å². The van der Waals surface area contributed by atoms with Crippen LogP contribution in [0.2, 0.25) is 0 Å². The van der Waals surface area contributed by atoms with Crippen molar-refractivity contribution in [2.24, 2.45) is 0 Å². The highest BCUT2D eigenvalue weighted by Crippen LogP contribution is 2.32. The van der Waals surface area contributed by atoms with Gasteiger partial charge in [0.25, 0.3) is 10.1 Å². The summed E-state index contributed by atoms with van der Waals surface area (Å²) in [4.78, 5) is 0. The first-order valence-electron chi connectivity index (χ1n) is 11.4. The summed E-state index contributed by atoms with van der Waals surface area (Å²) >= 11 is 0. The number of hydrogen-bond acceptors (Lipinski definition) is 5. The van der Waals surface area contributed by atoms with Gasteiger partial charge in [0.1, 0.15) is 6.10 Å². The molecule has 1 fully saturated rings. The maximum Gasteiger partial charge on any atom is 0.264 e. The van der Waals surface area contributed by atoms with Crippen molar-refractivity contribution >= 4 is 10.1 Å². The van der Waals surface area contributed by atoms with E-state index >= 15 is 0 Å². The summed E-state index contributed by atoms with van der Waals surface area (Å²) < 4.78 is 39.9. The Kier molecular flexibility index (Phi) is 12.2. The Hall–Kier alpha value is -0.170. The molecule has 0 aliphatic carbocycles. The van der Waals surface area contributed by atoms with Crippen LogP contribution in [-0.2, 0) is 23.8 Å². The van der Waals surface area contributed by atoms with Gasteiger partial charge in [0, 0.05) is 6.42 Å². The molecule has 0 bridgehead atoms. The minimum atomic E-state index is -3.49. The molecule has 0 unspecified atom stereocenters. The van der Waals surface area contributed by atoms with Crippen LogP contribution < -0.4 is 0 Å². The largest absolute Gasteiger partial charge is 0.347 e. The van der Waals surface area contributed by atoms with Crippen molar-refractivity contribution < 1.29 is 22.1 Å². The molecule has 0 radical (unpaired) electrons. The predicted octanol–water partition coefficient (Wildman–Crippen LogP) is 5.96. The average Bonchev–Trinajstić information content (AvgIpc) is 2.57. The molecule has 1 aliphatic heterocycles. The fraction of sp³-hybridized carbons (Fsp3) is 1.00. The Balaban J connectivity index is 2.19. The van der Waals surface area contributed by atoms with Crippen LogP contribution >= 0.6 is 0 Å². The third kappa shape index (κ3) is 12.4. The topological polar surface area (TPSA) is 61.8 Å². The minimum Gasteiger partial charge on any atom is -0.347 e. The normalized spacial score (nSPS) is 23.6. The van der Waals surface area contributed by atoms with Crippen LogP contribution in [-0.4, -0.2) is 38.8 Å². The summed E-state index contributed by atoms with van der Waals surface area (Å²) in [5, 5.41) is 0. The molecule has 6 heteroatoms. The van der Waals surface area contributed by atoms with Crippen LogP contribution in [0.5, 0.6) is 0 Å². The second kappa shape index (κ2) is 13.2. The van der Waals surface area contributed by atoms with Crippen molar-refractivity contribution in [2.45, 2.75) is 135 Å². The monoisotopic (exact) mass is 420 g/mol. The van der Waals surface area contributed by atoms with E-state index < -0.39 is 22.0 Å². The van der Waals surface area contributed by atoms with E-state index in [1.807, 2.05) is 13.8 Å². The Morgan fingerprint density at radius 3 is 1.93 bits per heavy atom. The molecule has 0 aromatic rings. The molecular weight excluding hydrogens is 376 g/mol. The molecule has 28 heavy (non-hydrogen) atoms. The predicted molar refractivity (Wildman–Crippen MR) is 115 cm³/mol. The van der Waals surface area contributed by atoms with E-state index in [9.17, 15) is 8.42 Å². The van der Waals surface area contributed by atoms with E-state index in [0.717, 1.165) is 19.1 Å². The van der Waals surface area contributed by atoms with Gasteiger partial charge >= 0.3 is 0 Å². The van der Waals surface area contributed by atoms with Crippen LogP contribution in [0.15, 0.2) is 0 Å². The molecule has 3 atom stereocenters. The summed E-state index contributed by atoms with van der Waals surface area (Å²) in [5.41, 5.74) is 0. The third-order valence-electron chi connectivity index (χ3n) is 5.36. The lowest BCUT2D eigenvalue weighted by atomic mass is 9.99. The van der Waals surface area contributed by atoms with E-state index in [2.05, 4.69) is 6.92 Å². The lowest BCUT2D eigenvalue weighted by Crippen LogP contribution is -2.49. The quantitative estimate of drug-likeness (QED) is 0.241. The van der Waals surface area contributed by atoms with Gasteiger partial charge in [0.15, 0.2) is 5.79 Å². The van der Waals surface area contributed by atoms with Crippen LogP contribution in [0.4, 0.5) is 0 Å². The van der Waals surface area contributed by atoms with Crippen molar-refractivity contribution in [1.29, 1.82) is 0 Å². The molecule has 0 amide bonds. The van der Waals surface area contributed by atoms with Gasteiger partial charge in [-0.3, -0.25) is 4.18 Å². The second-order valence-corrected chi connectivity index (χ2v) is 10.5. The first-order valence-corrected chi connectivity index (χ1v) is 13.2. The Morgan fingerprint density at radius 1 is 0.929 bits per heavy atom. The molecule has 5 nitrogen and oxygen atoms in total. The fourth-order valence-corrected chi connectivity index (χ4v) is 4.66. The van der Waals surface area contributed by atoms with E-state index in [4.69, 9.17) is 13.7 Å². The molecule has 0 spiro atoms. The molecule has 0 aromatic heterocycles. The van der Waals surface area contributed by atoms with Gasteiger partial charge in [0.2, 0.25) is 0 Å². The van der Waals surface area contributed by atoms with Crippen molar-refractivity contribution in [2.75, 3.05) is 6.26 Å². The van der Waals surface area contributed by atoms with Crippen LogP contribution in [0.25, 0.3) is 0 Å². The van der Waals surface area contributed by atoms with Gasteiger partial charge < -0.3 is 9.47 Å². The Bertz CT molecular complexity index is 503. The van der Waals surface area contributed by atoms with Crippen LogP contribution in [0, 0.1) is 0 Å². The minimum absolute atomic E-state index is 0.0953. The van der Waals surface area contributed by atoms with Gasteiger partial charge in [-0.2, -0.15) is 8.42 Å². The fourth-order valence-electron chi connectivity index (χ4n) is 3.99. The van der Waals surface area contributed by atoms with Crippen LogP contribution in [0.1, 0.15) is 111 Å². The average molecular weight is 421 g/mol. The molecule has 1 heterocycles. The summed E-state index contributed by atoms with van der Waals surface area (Å²) in [5.74, 6) is -0.708. The number of hydrogen-bond donors (Lipinski definition) is 0. The summed E-state index contributed by atoms with van der Waals surface area (Å²) in [6.45, 7) is 7.79. The van der Waals surface area contributed by atoms with E-state index in [1.165, 1.54) is 64.2 Å². The molecule has 1 rings (SSSR count). The van der Waals surface area contributed by atoms with Gasteiger partial charge in [-0.05, 0) is 27.2 Å². The molecule has 0 saturated carbocycles. The zero-order valence-corrected chi connectivity index (χ0v) is 19.7. The number of ether oxygens (including phenoxy) is 2. The van der Waals surface area contributed by atoms with Crippen LogP contribution in [0.3, 0.4) is 0 Å². The highest BCUT2D eigenvalue weighted by Gasteiger charge is 2.38. The van der Waals surface area contributed by atoms with Gasteiger partial charge in [-0.15, -0.1) is 0 Å². The zero-order chi connectivity index (χ0) is 21.0. The van der Waals surface area contributed by atoms with Gasteiger partial charge in [0.05, 0.1) is 18.5 Å². The van der Waals surface area contributed by atoms with Gasteiger partial charge in [-0.25, -0.2) is 0 Å².